The zero-order valence-corrected chi connectivity index (χ0v) is 13.2. The van der Waals surface area contributed by atoms with E-state index in [4.69, 9.17) is 0 Å². The van der Waals surface area contributed by atoms with Gasteiger partial charge in [-0.2, -0.15) is 0 Å². The van der Waals surface area contributed by atoms with E-state index in [0.717, 1.165) is 12.8 Å². The third kappa shape index (κ3) is 3.65. The number of carbonyl (C=O) groups is 2. The Morgan fingerprint density at radius 2 is 2.18 bits per heavy atom. The zero-order valence-electron chi connectivity index (χ0n) is 13.2. The van der Waals surface area contributed by atoms with E-state index in [0.29, 0.717) is 30.1 Å². The first-order valence-corrected chi connectivity index (χ1v) is 7.88. The molecule has 2 unspecified atom stereocenters. The van der Waals surface area contributed by atoms with Crippen LogP contribution in [0.1, 0.15) is 43.5 Å². The highest BCUT2D eigenvalue weighted by Crippen LogP contribution is 2.25. The Hall–Kier alpha value is -1.88. The van der Waals surface area contributed by atoms with Gasteiger partial charge in [-0.05, 0) is 37.0 Å². The molecule has 0 aliphatic carbocycles. The molecule has 2 rings (SSSR count). The fourth-order valence-electron chi connectivity index (χ4n) is 2.92. The molecule has 1 aromatic carbocycles. The molecular weight excluding hydrogens is 280 g/mol. The van der Waals surface area contributed by atoms with Crippen LogP contribution in [0, 0.1) is 5.92 Å². The fourth-order valence-corrected chi connectivity index (χ4v) is 2.92. The third-order valence-corrected chi connectivity index (χ3v) is 4.28. The smallest absolute Gasteiger partial charge is 0.254 e. The summed E-state index contributed by atoms with van der Waals surface area (Å²) in [5.41, 5.74) is 1.17. The summed E-state index contributed by atoms with van der Waals surface area (Å²) in [6.45, 7) is 4.50. The Labute approximate surface area is 131 Å². The Balaban J connectivity index is 2.18. The number of rotatable bonds is 4. The normalized spacial score (nSPS) is 21.5. The van der Waals surface area contributed by atoms with Crippen molar-refractivity contribution in [1.82, 2.24) is 4.90 Å². The van der Waals surface area contributed by atoms with Gasteiger partial charge in [-0.25, -0.2) is 0 Å². The predicted octanol–water partition coefficient (Wildman–Crippen LogP) is 2.27. The molecule has 1 heterocycles. The number of nitrogens with zero attached hydrogens (tertiary/aromatic N) is 1. The van der Waals surface area contributed by atoms with Crippen molar-refractivity contribution >= 4 is 17.5 Å². The molecule has 5 heteroatoms. The summed E-state index contributed by atoms with van der Waals surface area (Å²) >= 11 is 0. The molecule has 1 aliphatic heterocycles. The molecule has 0 saturated carbocycles. The molecule has 2 amide bonds. The van der Waals surface area contributed by atoms with Crippen molar-refractivity contribution < 1.29 is 14.7 Å². The summed E-state index contributed by atoms with van der Waals surface area (Å²) in [5, 5.41) is 12.3. The van der Waals surface area contributed by atoms with Gasteiger partial charge in [0.05, 0.1) is 12.6 Å². The minimum atomic E-state index is -0.130. The van der Waals surface area contributed by atoms with Gasteiger partial charge in [-0.15, -0.1) is 0 Å². The van der Waals surface area contributed by atoms with Crippen LogP contribution in [-0.4, -0.2) is 41.0 Å². The van der Waals surface area contributed by atoms with Crippen LogP contribution in [-0.2, 0) is 4.79 Å². The van der Waals surface area contributed by atoms with Gasteiger partial charge < -0.3 is 15.3 Å². The van der Waals surface area contributed by atoms with Crippen LogP contribution in [0.3, 0.4) is 0 Å². The molecule has 2 N–H and O–H groups in total. The van der Waals surface area contributed by atoms with E-state index in [2.05, 4.69) is 12.2 Å². The van der Waals surface area contributed by atoms with Gasteiger partial charge in [0.1, 0.15) is 0 Å². The van der Waals surface area contributed by atoms with Crippen molar-refractivity contribution in [2.24, 2.45) is 5.92 Å². The molecule has 120 valence electrons. The predicted molar refractivity (Wildman–Crippen MR) is 85.7 cm³/mol. The van der Waals surface area contributed by atoms with E-state index in [1.165, 1.54) is 0 Å². The molecule has 0 bridgehead atoms. The molecular formula is C17H24N2O3. The number of aliphatic hydroxyl groups is 1. The van der Waals surface area contributed by atoms with Gasteiger partial charge in [0.2, 0.25) is 5.91 Å². The lowest BCUT2D eigenvalue weighted by molar-refractivity contribution is -0.115. The van der Waals surface area contributed by atoms with E-state index in [1.807, 2.05) is 0 Å². The number of aliphatic hydroxyl groups excluding tert-OH is 1. The maximum Gasteiger partial charge on any atom is 0.254 e. The van der Waals surface area contributed by atoms with Gasteiger partial charge in [-0.3, -0.25) is 9.59 Å². The summed E-state index contributed by atoms with van der Waals surface area (Å²) in [6, 6.07) is 6.85. The number of anilines is 1. The van der Waals surface area contributed by atoms with Crippen LogP contribution in [0.2, 0.25) is 0 Å². The first-order valence-electron chi connectivity index (χ1n) is 7.88. The Kier molecular flexibility index (Phi) is 5.55. The maximum absolute atomic E-state index is 12.7. The lowest BCUT2D eigenvalue weighted by Crippen LogP contribution is -2.49. The Morgan fingerprint density at radius 3 is 2.86 bits per heavy atom. The topological polar surface area (TPSA) is 69.6 Å². The molecule has 5 nitrogen and oxygen atoms in total. The molecule has 1 fully saturated rings. The van der Waals surface area contributed by atoms with Crippen molar-refractivity contribution in [3.8, 4) is 0 Å². The van der Waals surface area contributed by atoms with Crippen molar-refractivity contribution in [2.75, 3.05) is 18.5 Å². The monoisotopic (exact) mass is 304 g/mol. The standard InChI is InChI=1S/C17H24N2O3/c1-3-16(21)18-14-8-4-7-13(10-14)17(22)19-9-5-6-12(2)15(19)11-20/h4,7-8,10,12,15,20H,3,5-6,9,11H2,1-2H3,(H,18,21). The van der Waals surface area contributed by atoms with Crippen molar-refractivity contribution in [1.29, 1.82) is 0 Å². The van der Waals surface area contributed by atoms with Crippen LogP contribution in [0.15, 0.2) is 24.3 Å². The van der Waals surface area contributed by atoms with Crippen molar-refractivity contribution in [3.63, 3.8) is 0 Å². The van der Waals surface area contributed by atoms with Gasteiger partial charge >= 0.3 is 0 Å². The van der Waals surface area contributed by atoms with Gasteiger partial charge in [-0.1, -0.05) is 19.9 Å². The summed E-state index contributed by atoms with van der Waals surface area (Å²) < 4.78 is 0. The second kappa shape index (κ2) is 7.40. The first kappa shape index (κ1) is 16.5. The number of piperidine rings is 1. The number of carbonyl (C=O) groups excluding carboxylic acids is 2. The van der Waals surface area contributed by atoms with Crippen LogP contribution < -0.4 is 5.32 Å². The van der Waals surface area contributed by atoms with E-state index in [1.54, 1.807) is 36.1 Å². The first-order chi connectivity index (χ1) is 10.6. The second-order valence-electron chi connectivity index (χ2n) is 5.85. The molecule has 2 atom stereocenters. The number of nitrogens with one attached hydrogen (secondary N) is 1. The molecule has 0 radical (unpaired) electrons. The van der Waals surface area contributed by atoms with Gasteiger partial charge in [0, 0.05) is 24.2 Å². The molecule has 1 saturated heterocycles. The Morgan fingerprint density at radius 1 is 1.41 bits per heavy atom. The summed E-state index contributed by atoms with van der Waals surface area (Å²) in [7, 11) is 0. The number of likely N-dealkylation sites (tertiary alicyclic amines) is 1. The highest BCUT2D eigenvalue weighted by atomic mass is 16.3. The van der Waals surface area contributed by atoms with E-state index in [9.17, 15) is 14.7 Å². The minimum absolute atomic E-state index is 0.0147. The fraction of sp³-hybridized carbons (Fsp3) is 0.529. The van der Waals surface area contributed by atoms with Crippen LogP contribution >= 0.6 is 0 Å². The molecule has 1 aromatic rings. The number of amides is 2. The van der Waals surface area contributed by atoms with Crippen LogP contribution in [0.4, 0.5) is 5.69 Å². The summed E-state index contributed by atoms with van der Waals surface area (Å²) in [5.74, 6) is 0.133. The largest absolute Gasteiger partial charge is 0.394 e. The van der Waals surface area contributed by atoms with Crippen LogP contribution in [0.25, 0.3) is 0 Å². The van der Waals surface area contributed by atoms with E-state index in [-0.39, 0.29) is 24.5 Å². The van der Waals surface area contributed by atoms with Gasteiger partial charge in [0.15, 0.2) is 0 Å². The lowest BCUT2D eigenvalue weighted by atomic mass is 9.90. The maximum atomic E-state index is 12.7. The zero-order chi connectivity index (χ0) is 16.1. The number of hydrogen-bond donors (Lipinski definition) is 2. The quantitative estimate of drug-likeness (QED) is 0.896. The highest BCUT2D eigenvalue weighted by molar-refractivity contribution is 5.97. The third-order valence-electron chi connectivity index (χ3n) is 4.28. The number of hydrogen-bond acceptors (Lipinski definition) is 3. The minimum Gasteiger partial charge on any atom is -0.394 e. The Bertz CT molecular complexity index is 544. The van der Waals surface area contributed by atoms with E-state index < -0.39 is 0 Å². The molecule has 22 heavy (non-hydrogen) atoms. The summed E-state index contributed by atoms with van der Waals surface area (Å²) in [4.78, 5) is 25.9. The van der Waals surface area contributed by atoms with Crippen molar-refractivity contribution in [3.05, 3.63) is 29.8 Å². The average molecular weight is 304 g/mol. The number of benzene rings is 1. The second-order valence-corrected chi connectivity index (χ2v) is 5.85. The SMILES string of the molecule is CCC(=O)Nc1cccc(C(=O)N2CCCC(C)C2CO)c1. The molecule has 0 aromatic heterocycles. The lowest BCUT2D eigenvalue weighted by Gasteiger charge is -2.39. The highest BCUT2D eigenvalue weighted by Gasteiger charge is 2.31. The van der Waals surface area contributed by atoms with Crippen molar-refractivity contribution in [2.45, 2.75) is 39.2 Å². The van der Waals surface area contributed by atoms with E-state index >= 15 is 0 Å². The van der Waals surface area contributed by atoms with Crippen LogP contribution in [0.5, 0.6) is 0 Å². The van der Waals surface area contributed by atoms with Gasteiger partial charge in [0.25, 0.3) is 5.91 Å². The average Bonchev–Trinajstić information content (AvgIpc) is 2.54. The molecule has 1 aliphatic rings. The molecule has 0 spiro atoms. The summed E-state index contributed by atoms with van der Waals surface area (Å²) in [6.07, 6.45) is 2.38.